The molecule has 1 aliphatic heterocycles. The van der Waals surface area contributed by atoms with Crippen molar-refractivity contribution in [2.45, 2.75) is 38.5 Å². The molecule has 0 bridgehead atoms. The number of carbonyl (C=O) groups is 2. The van der Waals surface area contributed by atoms with Gasteiger partial charge >= 0.3 is 12.1 Å². The number of aliphatic hydroxyl groups excluding tert-OH is 1. The van der Waals surface area contributed by atoms with Gasteiger partial charge in [-0.3, -0.25) is 4.90 Å². The van der Waals surface area contributed by atoms with E-state index in [4.69, 9.17) is 4.74 Å². The quantitative estimate of drug-likeness (QED) is 0.597. The Kier molecular flexibility index (Phi) is 4.57. The molecule has 0 aliphatic carbocycles. The Morgan fingerprint density at radius 2 is 2.00 bits per heavy atom. The van der Waals surface area contributed by atoms with Crippen LogP contribution >= 0.6 is 0 Å². The standard InChI is InChI=1S/C13H21NO5/c1-6-8-7-14(12(17)19-13(2,3)4)9(10(8)15)11(16)18-5/h6,8-10,15H,1,7H2,2-5H3. The van der Waals surface area contributed by atoms with Gasteiger partial charge in [0, 0.05) is 12.5 Å². The number of ether oxygens (including phenoxy) is 2. The second-order valence-electron chi connectivity index (χ2n) is 5.49. The molecule has 0 aromatic heterocycles. The molecule has 3 unspecified atom stereocenters. The summed E-state index contributed by atoms with van der Waals surface area (Å²) in [5.41, 5.74) is -0.672. The predicted octanol–water partition coefficient (Wildman–Crippen LogP) is 0.942. The molecular weight excluding hydrogens is 250 g/mol. The van der Waals surface area contributed by atoms with Crippen LogP contribution in [0.5, 0.6) is 0 Å². The molecule has 1 heterocycles. The number of carbonyl (C=O) groups excluding carboxylic acids is 2. The van der Waals surface area contributed by atoms with Gasteiger partial charge in [0.1, 0.15) is 5.60 Å². The molecule has 1 amide bonds. The van der Waals surface area contributed by atoms with Crippen LogP contribution in [0.3, 0.4) is 0 Å². The number of likely N-dealkylation sites (tertiary alicyclic amines) is 1. The fourth-order valence-electron chi connectivity index (χ4n) is 1.98. The van der Waals surface area contributed by atoms with E-state index in [2.05, 4.69) is 11.3 Å². The third kappa shape index (κ3) is 3.47. The smallest absolute Gasteiger partial charge is 0.411 e. The highest BCUT2D eigenvalue weighted by Crippen LogP contribution is 2.27. The summed E-state index contributed by atoms with van der Waals surface area (Å²) in [7, 11) is 1.21. The summed E-state index contributed by atoms with van der Waals surface area (Å²) >= 11 is 0. The van der Waals surface area contributed by atoms with Crippen LogP contribution in [0.4, 0.5) is 4.79 Å². The highest BCUT2D eigenvalue weighted by molar-refractivity contribution is 5.83. The molecule has 6 heteroatoms. The minimum atomic E-state index is -1.05. The summed E-state index contributed by atoms with van der Waals surface area (Å²) in [6.45, 7) is 8.97. The van der Waals surface area contributed by atoms with E-state index in [-0.39, 0.29) is 12.5 Å². The molecule has 1 fully saturated rings. The van der Waals surface area contributed by atoms with E-state index in [1.54, 1.807) is 20.8 Å². The van der Waals surface area contributed by atoms with Crippen molar-refractivity contribution in [2.75, 3.05) is 13.7 Å². The number of hydrogen-bond acceptors (Lipinski definition) is 5. The van der Waals surface area contributed by atoms with E-state index in [9.17, 15) is 14.7 Å². The molecule has 6 nitrogen and oxygen atoms in total. The summed E-state index contributed by atoms with van der Waals surface area (Å²) in [6.07, 6.45) is -0.158. The number of aliphatic hydroxyl groups is 1. The minimum absolute atomic E-state index is 0.180. The molecule has 3 atom stereocenters. The molecule has 108 valence electrons. The van der Waals surface area contributed by atoms with Gasteiger partial charge in [0.15, 0.2) is 6.04 Å². The number of methoxy groups -OCH3 is 1. The first-order valence-electron chi connectivity index (χ1n) is 6.09. The summed E-state index contributed by atoms with van der Waals surface area (Å²) in [4.78, 5) is 24.9. The van der Waals surface area contributed by atoms with Crippen LogP contribution in [-0.2, 0) is 14.3 Å². The van der Waals surface area contributed by atoms with Crippen molar-refractivity contribution >= 4 is 12.1 Å². The third-order valence-electron chi connectivity index (χ3n) is 2.88. The summed E-state index contributed by atoms with van der Waals surface area (Å²) < 4.78 is 9.85. The van der Waals surface area contributed by atoms with Gasteiger partial charge in [-0.25, -0.2) is 9.59 Å². The van der Waals surface area contributed by atoms with Crippen molar-refractivity contribution in [3.63, 3.8) is 0 Å². The molecule has 0 aromatic carbocycles. The van der Waals surface area contributed by atoms with Crippen LogP contribution in [-0.4, -0.2) is 53.5 Å². The molecule has 19 heavy (non-hydrogen) atoms. The molecule has 0 radical (unpaired) electrons. The van der Waals surface area contributed by atoms with Crippen LogP contribution in [0.15, 0.2) is 12.7 Å². The van der Waals surface area contributed by atoms with E-state index in [1.807, 2.05) is 0 Å². The van der Waals surface area contributed by atoms with Crippen LogP contribution in [0.1, 0.15) is 20.8 Å². The lowest BCUT2D eigenvalue weighted by atomic mass is 10.0. The maximum Gasteiger partial charge on any atom is 0.411 e. The first-order chi connectivity index (χ1) is 8.71. The maximum absolute atomic E-state index is 12.0. The van der Waals surface area contributed by atoms with Gasteiger partial charge in [0.2, 0.25) is 0 Å². The van der Waals surface area contributed by atoms with Crippen LogP contribution in [0, 0.1) is 5.92 Å². The van der Waals surface area contributed by atoms with E-state index < -0.39 is 29.8 Å². The van der Waals surface area contributed by atoms with E-state index >= 15 is 0 Å². The Morgan fingerprint density at radius 1 is 1.42 bits per heavy atom. The molecule has 1 aliphatic rings. The molecule has 1 N–H and O–H groups in total. The average Bonchev–Trinajstić information content (AvgIpc) is 2.63. The van der Waals surface area contributed by atoms with Crippen molar-refractivity contribution in [3.05, 3.63) is 12.7 Å². The second kappa shape index (κ2) is 5.61. The first-order valence-corrected chi connectivity index (χ1v) is 6.09. The largest absolute Gasteiger partial charge is 0.467 e. The van der Waals surface area contributed by atoms with Gasteiger partial charge in [-0.05, 0) is 20.8 Å². The van der Waals surface area contributed by atoms with Crippen LogP contribution in [0.25, 0.3) is 0 Å². The monoisotopic (exact) mass is 271 g/mol. The van der Waals surface area contributed by atoms with Gasteiger partial charge in [0.25, 0.3) is 0 Å². The van der Waals surface area contributed by atoms with Crippen molar-refractivity contribution in [1.82, 2.24) is 4.90 Å². The van der Waals surface area contributed by atoms with Crippen LogP contribution < -0.4 is 0 Å². The van der Waals surface area contributed by atoms with Crippen molar-refractivity contribution in [2.24, 2.45) is 5.92 Å². The number of hydrogen-bond donors (Lipinski definition) is 1. The molecule has 0 aromatic rings. The van der Waals surface area contributed by atoms with Crippen molar-refractivity contribution in [3.8, 4) is 0 Å². The highest BCUT2D eigenvalue weighted by Gasteiger charge is 2.48. The predicted molar refractivity (Wildman–Crippen MR) is 68.4 cm³/mol. The zero-order valence-corrected chi connectivity index (χ0v) is 11.8. The second-order valence-corrected chi connectivity index (χ2v) is 5.49. The lowest BCUT2D eigenvalue weighted by Crippen LogP contribution is -2.47. The van der Waals surface area contributed by atoms with E-state index in [1.165, 1.54) is 18.1 Å². The van der Waals surface area contributed by atoms with Crippen molar-refractivity contribution < 1.29 is 24.2 Å². The number of amides is 1. The number of nitrogens with zero attached hydrogens (tertiary/aromatic N) is 1. The normalized spacial score (nSPS) is 27.0. The average molecular weight is 271 g/mol. The van der Waals surface area contributed by atoms with Gasteiger partial charge in [0.05, 0.1) is 13.2 Å². The summed E-state index contributed by atoms with van der Waals surface area (Å²) in [6, 6.07) is -1.05. The zero-order valence-electron chi connectivity index (χ0n) is 11.8. The Labute approximate surface area is 113 Å². The van der Waals surface area contributed by atoms with Crippen molar-refractivity contribution in [1.29, 1.82) is 0 Å². The van der Waals surface area contributed by atoms with Gasteiger partial charge < -0.3 is 14.6 Å². The molecule has 0 saturated carbocycles. The molecule has 1 rings (SSSR count). The van der Waals surface area contributed by atoms with Crippen LogP contribution in [0.2, 0.25) is 0 Å². The van der Waals surface area contributed by atoms with E-state index in [0.29, 0.717) is 0 Å². The summed E-state index contributed by atoms with van der Waals surface area (Å²) in [5, 5.41) is 10.0. The number of esters is 1. The molecular formula is C13H21NO5. The number of rotatable bonds is 2. The first kappa shape index (κ1) is 15.5. The highest BCUT2D eigenvalue weighted by atomic mass is 16.6. The zero-order chi connectivity index (χ0) is 14.8. The third-order valence-corrected chi connectivity index (χ3v) is 2.88. The Morgan fingerprint density at radius 3 is 2.42 bits per heavy atom. The van der Waals surface area contributed by atoms with Gasteiger partial charge in [-0.1, -0.05) is 6.08 Å². The van der Waals surface area contributed by atoms with Gasteiger partial charge in [-0.15, -0.1) is 6.58 Å². The minimum Gasteiger partial charge on any atom is -0.467 e. The molecule has 0 spiro atoms. The maximum atomic E-state index is 12.0. The Hall–Kier alpha value is -1.56. The lowest BCUT2D eigenvalue weighted by molar-refractivity contribution is -0.148. The van der Waals surface area contributed by atoms with Gasteiger partial charge in [-0.2, -0.15) is 0 Å². The Bertz CT molecular complexity index is 374. The summed E-state index contributed by atoms with van der Waals surface area (Å²) in [5.74, 6) is -1.04. The Balaban J connectivity index is 2.93. The lowest BCUT2D eigenvalue weighted by Gasteiger charge is -2.27. The van der Waals surface area contributed by atoms with E-state index in [0.717, 1.165) is 0 Å². The SMILES string of the molecule is C=CC1CN(C(=O)OC(C)(C)C)C(C(=O)OC)C1O. The molecule has 1 saturated heterocycles. The fraction of sp³-hybridized carbons (Fsp3) is 0.692. The fourth-order valence-corrected chi connectivity index (χ4v) is 1.98. The topological polar surface area (TPSA) is 76.1 Å².